The number of nitrogens with one attached hydrogen (secondary N) is 2. The van der Waals surface area contributed by atoms with Crippen LogP contribution in [0.4, 0.5) is 4.79 Å². The summed E-state index contributed by atoms with van der Waals surface area (Å²) in [5, 5.41) is 6.68. The maximum atomic E-state index is 12.8. The molecule has 2 N–H and O–H groups in total. The second kappa shape index (κ2) is 8.91. The molecule has 0 aromatic rings. The first-order valence-corrected chi connectivity index (χ1v) is 12.3. The Balaban J connectivity index is 1.34. The van der Waals surface area contributed by atoms with E-state index in [2.05, 4.69) is 27.3 Å². The van der Waals surface area contributed by atoms with Gasteiger partial charge in [0.1, 0.15) is 0 Å². The number of hydrogen-bond acceptors (Lipinski definition) is 4. The van der Waals surface area contributed by atoms with Crippen LogP contribution < -0.4 is 10.6 Å². The Morgan fingerprint density at radius 2 is 1.74 bits per heavy atom. The Bertz CT molecular complexity index is 498. The van der Waals surface area contributed by atoms with E-state index in [1.165, 1.54) is 69.5 Å². The summed E-state index contributed by atoms with van der Waals surface area (Å²) in [6.45, 7) is 4.89. The molecule has 4 fully saturated rings. The van der Waals surface area contributed by atoms with E-state index in [-0.39, 0.29) is 11.6 Å². The Hall–Kier alpha value is -0.460. The number of carbonyl (C=O) groups excluding carboxylic acids is 1. The highest BCUT2D eigenvalue weighted by atomic mass is 32.2. The van der Waals surface area contributed by atoms with Gasteiger partial charge >= 0.3 is 6.03 Å². The third kappa shape index (κ3) is 4.43. The smallest absolute Gasteiger partial charge is 0.315 e. The number of urea groups is 1. The molecule has 5 nitrogen and oxygen atoms in total. The number of amides is 2. The summed E-state index contributed by atoms with van der Waals surface area (Å²) in [5.74, 6) is 2.47. The largest absolute Gasteiger partial charge is 0.381 e. The summed E-state index contributed by atoms with van der Waals surface area (Å²) < 4.78 is 5.58. The van der Waals surface area contributed by atoms with Gasteiger partial charge < -0.3 is 15.4 Å². The molecule has 0 aromatic heterocycles. The number of rotatable bonds is 4. The molecule has 0 aromatic carbocycles. The van der Waals surface area contributed by atoms with Gasteiger partial charge in [0.05, 0.1) is 0 Å². The molecule has 2 saturated heterocycles. The third-order valence-electron chi connectivity index (χ3n) is 7.74. The van der Waals surface area contributed by atoms with Crippen LogP contribution in [0.25, 0.3) is 0 Å². The second-order valence-corrected chi connectivity index (χ2v) is 10.4. The molecule has 1 unspecified atom stereocenters. The molecule has 4 aliphatic rings. The van der Waals surface area contributed by atoms with Gasteiger partial charge in [-0.1, -0.05) is 25.7 Å². The van der Waals surface area contributed by atoms with Crippen LogP contribution in [0, 0.1) is 5.41 Å². The van der Waals surface area contributed by atoms with Crippen molar-refractivity contribution < 1.29 is 9.53 Å². The van der Waals surface area contributed by atoms with Crippen molar-refractivity contribution in [2.24, 2.45) is 5.41 Å². The molecule has 1 spiro atoms. The standard InChI is InChI=1S/C21H37N3O2S/c25-19(23-18-5-4-6-20(18)9-13-26-14-10-20)22-17-21(7-2-1-3-8-21)24-11-15-27-16-12-24/h18H,1-17H2,(H2,22,23,25). The lowest BCUT2D eigenvalue weighted by Crippen LogP contribution is -2.60. The lowest BCUT2D eigenvalue weighted by atomic mass is 9.75. The highest BCUT2D eigenvalue weighted by molar-refractivity contribution is 7.99. The first-order valence-electron chi connectivity index (χ1n) is 11.2. The minimum absolute atomic E-state index is 0.0594. The minimum Gasteiger partial charge on any atom is -0.381 e. The molecular formula is C21H37N3O2S. The minimum atomic E-state index is 0.0594. The number of nitrogens with zero attached hydrogens (tertiary/aromatic N) is 1. The Kier molecular flexibility index (Phi) is 6.55. The number of thioether (sulfide) groups is 1. The maximum absolute atomic E-state index is 12.8. The van der Waals surface area contributed by atoms with Crippen LogP contribution in [0.5, 0.6) is 0 Å². The molecule has 2 aliphatic carbocycles. The van der Waals surface area contributed by atoms with Gasteiger partial charge in [-0.05, 0) is 43.9 Å². The van der Waals surface area contributed by atoms with E-state index in [1.54, 1.807) is 0 Å². The van der Waals surface area contributed by atoms with Crippen LogP contribution in [-0.2, 0) is 4.74 Å². The molecule has 2 aliphatic heterocycles. The van der Waals surface area contributed by atoms with Crippen molar-refractivity contribution in [3.63, 3.8) is 0 Å². The predicted octanol–water partition coefficient (Wildman–Crippen LogP) is 3.39. The second-order valence-electron chi connectivity index (χ2n) is 9.13. The van der Waals surface area contributed by atoms with E-state index in [1.807, 2.05) is 0 Å². The summed E-state index contributed by atoms with van der Waals surface area (Å²) in [6, 6.07) is 0.388. The van der Waals surface area contributed by atoms with Gasteiger partial charge in [0.25, 0.3) is 0 Å². The molecular weight excluding hydrogens is 358 g/mol. The molecule has 0 radical (unpaired) electrons. The monoisotopic (exact) mass is 395 g/mol. The van der Waals surface area contributed by atoms with Gasteiger partial charge in [-0.2, -0.15) is 11.8 Å². The van der Waals surface area contributed by atoms with E-state index in [0.29, 0.717) is 11.5 Å². The number of ether oxygens (including phenoxy) is 1. The van der Waals surface area contributed by atoms with E-state index in [4.69, 9.17) is 4.74 Å². The topological polar surface area (TPSA) is 53.6 Å². The molecule has 2 amide bonds. The van der Waals surface area contributed by atoms with Gasteiger partial charge in [-0.15, -0.1) is 0 Å². The molecule has 2 heterocycles. The SMILES string of the molecule is O=C(NCC1(N2CCSCC2)CCCCC1)NC1CCCC12CCOCC2. The molecule has 1 atom stereocenters. The van der Waals surface area contributed by atoms with Crippen LogP contribution in [0.1, 0.15) is 64.2 Å². The van der Waals surface area contributed by atoms with Gasteiger partial charge in [0, 0.05) is 55.9 Å². The average Bonchev–Trinajstić information content (AvgIpc) is 3.09. The van der Waals surface area contributed by atoms with Crippen molar-refractivity contribution in [2.75, 3.05) is 44.4 Å². The lowest BCUT2D eigenvalue weighted by molar-refractivity contribution is 0.00602. The number of hydrogen-bond donors (Lipinski definition) is 2. The highest BCUT2D eigenvalue weighted by Gasteiger charge is 2.45. The van der Waals surface area contributed by atoms with Crippen LogP contribution >= 0.6 is 11.8 Å². The molecule has 27 heavy (non-hydrogen) atoms. The van der Waals surface area contributed by atoms with E-state index < -0.39 is 0 Å². The first kappa shape index (κ1) is 19.8. The van der Waals surface area contributed by atoms with Gasteiger partial charge in [-0.3, -0.25) is 4.90 Å². The van der Waals surface area contributed by atoms with E-state index in [9.17, 15) is 4.79 Å². The van der Waals surface area contributed by atoms with Crippen molar-refractivity contribution in [3.05, 3.63) is 0 Å². The van der Waals surface area contributed by atoms with E-state index in [0.717, 1.165) is 39.0 Å². The molecule has 2 saturated carbocycles. The van der Waals surface area contributed by atoms with E-state index >= 15 is 0 Å². The maximum Gasteiger partial charge on any atom is 0.315 e. The Morgan fingerprint density at radius 3 is 2.48 bits per heavy atom. The average molecular weight is 396 g/mol. The van der Waals surface area contributed by atoms with Crippen molar-refractivity contribution in [1.29, 1.82) is 0 Å². The fourth-order valence-corrected chi connectivity index (χ4v) is 6.95. The summed E-state index contributed by atoms with van der Waals surface area (Å²) in [7, 11) is 0. The Labute approximate surface area is 168 Å². The summed E-state index contributed by atoms with van der Waals surface area (Å²) >= 11 is 2.07. The van der Waals surface area contributed by atoms with Crippen molar-refractivity contribution in [1.82, 2.24) is 15.5 Å². The summed E-state index contributed by atoms with van der Waals surface area (Å²) in [4.78, 5) is 15.5. The van der Waals surface area contributed by atoms with Crippen LogP contribution in [-0.4, -0.2) is 66.9 Å². The van der Waals surface area contributed by atoms with Gasteiger partial charge in [0.2, 0.25) is 0 Å². The van der Waals surface area contributed by atoms with Crippen LogP contribution in [0.2, 0.25) is 0 Å². The fraction of sp³-hybridized carbons (Fsp3) is 0.952. The Morgan fingerprint density at radius 1 is 1.00 bits per heavy atom. The van der Waals surface area contributed by atoms with Crippen molar-refractivity contribution in [3.8, 4) is 0 Å². The summed E-state index contributed by atoms with van der Waals surface area (Å²) in [6.07, 6.45) is 12.3. The molecule has 154 valence electrons. The van der Waals surface area contributed by atoms with Crippen molar-refractivity contribution in [2.45, 2.75) is 75.8 Å². The highest BCUT2D eigenvalue weighted by Crippen LogP contribution is 2.46. The molecule has 4 rings (SSSR count). The quantitative estimate of drug-likeness (QED) is 0.766. The van der Waals surface area contributed by atoms with Crippen molar-refractivity contribution >= 4 is 17.8 Å². The predicted molar refractivity (Wildman–Crippen MR) is 111 cm³/mol. The van der Waals surface area contributed by atoms with Crippen LogP contribution in [0.3, 0.4) is 0 Å². The van der Waals surface area contributed by atoms with Gasteiger partial charge in [0.15, 0.2) is 0 Å². The zero-order valence-corrected chi connectivity index (χ0v) is 17.6. The zero-order chi connectivity index (χ0) is 18.6. The van der Waals surface area contributed by atoms with Crippen LogP contribution in [0.15, 0.2) is 0 Å². The number of carbonyl (C=O) groups is 1. The van der Waals surface area contributed by atoms with Gasteiger partial charge in [-0.25, -0.2) is 4.79 Å². The zero-order valence-electron chi connectivity index (χ0n) is 16.8. The third-order valence-corrected chi connectivity index (χ3v) is 8.69. The summed E-state index contributed by atoms with van der Waals surface area (Å²) in [5.41, 5.74) is 0.491. The fourth-order valence-electron chi connectivity index (χ4n) is 6.05. The first-order chi connectivity index (χ1) is 13.2. The molecule has 6 heteroatoms. The normalized spacial score (nSPS) is 30.9. The lowest BCUT2D eigenvalue weighted by Gasteiger charge is -2.48. The molecule has 0 bridgehead atoms.